The van der Waals surface area contributed by atoms with Gasteiger partial charge in [-0.1, -0.05) is 58.9 Å². The van der Waals surface area contributed by atoms with Gasteiger partial charge in [0, 0.05) is 6.04 Å². The molecule has 16 heavy (non-hydrogen) atoms. The lowest BCUT2D eigenvalue weighted by atomic mass is 9.82. The average Bonchev–Trinajstić information content (AvgIpc) is 2.14. The molecule has 1 heteroatoms. The van der Waals surface area contributed by atoms with Gasteiger partial charge in [-0.05, 0) is 28.9 Å². The van der Waals surface area contributed by atoms with Gasteiger partial charge in [0.25, 0.3) is 0 Å². The molecule has 1 atom stereocenters. The Labute approximate surface area is 100 Å². The highest BCUT2D eigenvalue weighted by atomic mass is 14.7. The smallest absolute Gasteiger partial charge is 0.0344 e. The van der Waals surface area contributed by atoms with Crippen LogP contribution in [0.15, 0.2) is 24.3 Å². The van der Waals surface area contributed by atoms with E-state index in [9.17, 15) is 0 Å². The molecule has 1 rings (SSSR count). The van der Waals surface area contributed by atoms with E-state index >= 15 is 0 Å². The van der Waals surface area contributed by atoms with Crippen LogP contribution in [0.5, 0.6) is 0 Å². The van der Waals surface area contributed by atoms with Gasteiger partial charge in [0.15, 0.2) is 0 Å². The average molecular weight is 219 g/mol. The van der Waals surface area contributed by atoms with Crippen LogP contribution in [-0.4, -0.2) is 0 Å². The Kier molecular flexibility index (Phi) is 4.15. The van der Waals surface area contributed by atoms with Gasteiger partial charge in [-0.25, -0.2) is 0 Å². The van der Waals surface area contributed by atoms with Gasteiger partial charge in [0.2, 0.25) is 0 Å². The van der Waals surface area contributed by atoms with E-state index in [-0.39, 0.29) is 11.5 Å². The zero-order valence-electron chi connectivity index (χ0n) is 11.2. The van der Waals surface area contributed by atoms with E-state index in [4.69, 9.17) is 5.73 Å². The van der Waals surface area contributed by atoms with E-state index in [0.717, 1.165) is 6.42 Å². The second-order valence-electron chi connectivity index (χ2n) is 6.19. The standard InChI is InChI=1S/C15H25N/c1-11(2)9-12-7-6-8-13(10-12)14(16)15(3,4)5/h6-8,10-11,14H,9,16H2,1-5H3. The minimum atomic E-state index is 0.111. The first-order valence-electron chi connectivity index (χ1n) is 6.15. The maximum Gasteiger partial charge on any atom is 0.0344 e. The van der Waals surface area contributed by atoms with Crippen LogP contribution in [0.2, 0.25) is 0 Å². The third-order valence-electron chi connectivity index (χ3n) is 2.89. The van der Waals surface area contributed by atoms with Crippen molar-refractivity contribution in [3.63, 3.8) is 0 Å². The highest BCUT2D eigenvalue weighted by Gasteiger charge is 2.22. The second-order valence-corrected chi connectivity index (χ2v) is 6.19. The molecule has 0 spiro atoms. The summed E-state index contributed by atoms with van der Waals surface area (Å²) < 4.78 is 0. The van der Waals surface area contributed by atoms with Crippen LogP contribution in [0, 0.1) is 11.3 Å². The van der Waals surface area contributed by atoms with E-state index in [1.54, 1.807) is 0 Å². The SMILES string of the molecule is CC(C)Cc1cccc(C(N)C(C)(C)C)c1. The third kappa shape index (κ3) is 3.64. The van der Waals surface area contributed by atoms with E-state index in [1.807, 2.05) is 0 Å². The van der Waals surface area contributed by atoms with Crippen molar-refractivity contribution < 1.29 is 0 Å². The Morgan fingerprint density at radius 2 is 1.81 bits per heavy atom. The van der Waals surface area contributed by atoms with Crippen molar-refractivity contribution in [1.29, 1.82) is 0 Å². The zero-order chi connectivity index (χ0) is 12.3. The summed E-state index contributed by atoms with van der Waals surface area (Å²) in [6.45, 7) is 11.1. The van der Waals surface area contributed by atoms with Crippen LogP contribution in [0.3, 0.4) is 0 Å². The molecule has 0 aromatic heterocycles. The number of hydrogen-bond donors (Lipinski definition) is 1. The summed E-state index contributed by atoms with van der Waals surface area (Å²) in [5.41, 5.74) is 9.04. The molecule has 90 valence electrons. The number of hydrogen-bond acceptors (Lipinski definition) is 1. The number of benzene rings is 1. The van der Waals surface area contributed by atoms with Crippen molar-refractivity contribution in [2.24, 2.45) is 17.1 Å². The Bertz CT molecular complexity index is 334. The van der Waals surface area contributed by atoms with Crippen molar-refractivity contribution in [1.82, 2.24) is 0 Å². The fourth-order valence-corrected chi connectivity index (χ4v) is 1.88. The first kappa shape index (κ1) is 13.2. The molecule has 2 N–H and O–H groups in total. The Morgan fingerprint density at radius 3 is 2.31 bits per heavy atom. The Hall–Kier alpha value is -0.820. The lowest BCUT2D eigenvalue weighted by Gasteiger charge is -2.27. The molecule has 0 heterocycles. The van der Waals surface area contributed by atoms with Gasteiger partial charge < -0.3 is 5.73 Å². The summed E-state index contributed by atoms with van der Waals surface area (Å²) in [6, 6.07) is 8.83. The summed E-state index contributed by atoms with van der Waals surface area (Å²) in [7, 11) is 0. The lowest BCUT2D eigenvalue weighted by molar-refractivity contribution is 0.327. The van der Waals surface area contributed by atoms with E-state index < -0.39 is 0 Å². The maximum atomic E-state index is 6.27. The van der Waals surface area contributed by atoms with Gasteiger partial charge in [0.05, 0.1) is 0 Å². The highest BCUT2D eigenvalue weighted by molar-refractivity contribution is 5.27. The molecule has 1 nitrogen and oxygen atoms in total. The molecule has 0 radical (unpaired) electrons. The summed E-state index contributed by atoms with van der Waals surface area (Å²) in [4.78, 5) is 0. The predicted octanol–water partition coefficient (Wildman–Crippen LogP) is 3.93. The summed E-state index contributed by atoms with van der Waals surface area (Å²) >= 11 is 0. The quantitative estimate of drug-likeness (QED) is 0.819. The summed E-state index contributed by atoms with van der Waals surface area (Å²) in [5.74, 6) is 0.695. The molecule has 0 saturated heterocycles. The minimum absolute atomic E-state index is 0.111. The van der Waals surface area contributed by atoms with Crippen LogP contribution in [0.1, 0.15) is 51.8 Å². The lowest BCUT2D eigenvalue weighted by Crippen LogP contribution is -2.26. The van der Waals surface area contributed by atoms with Gasteiger partial charge in [-0.15, -0.1) is 0 Å². The molecular formula is C15H25N. The molecule has 0 fully saturated rings. The van der Waals surface area contributed by atoms with Crippen LogP contribution in [-0.2, 0) is 6.42 Å². The first-order valence-corrected chi connectivity index (χ1v) is 6.15. The molecule has 1 aromatic rings. The predicted molar refractivity (Wildman–Crippen MR) is 71.4 cm³/mol. The number of rotatable bonds is 3. The molecule has 0 aliphatic heterocycles. The van der Waals surface area contributed by atoms with Gasteiger partial charge in [-0.2, -0.15) is 0 Å². The monoisotopic (exact) mass is 219 g/mol. The zero-order valence-corrected chi connectivity index (χ0v) is 11.2. The Balaban J connectivity index is 2.90. The van der Waals surface area contributed by atoms with Gasteiger partial charge >= 0.3 is 0 Å². The molecule has 1 unspecified atom stereocenters. The third-order valence-corrected chi connectivity index (χ3v) is 2.89. The fourth-order valence-electron chi connectivity index (χ4n) is 1.88. The topological polar surface area (TPSA) is 26.0 Å². The van der Waals surface area contributed by atoms with Crippen LogP contribution in [0.25, 0.3) is 0 Å². The van der Waals surface area contributed by atoms with Crippen LogP contribution < -0.4 is 5.73 Å². The fraction of sp³-hybridized carbons (Fsp3) is 0.600. The molecular weight excluding hydrogens is 194 g/mol. The molecule has 1 aromatic carbocycles. The Morgan fingerprint density at radius 1 is 1.19 bits per heavy atom. The highest BCUT2D eigenvalue weighted by Crippen LogP contribution is 2.30. The van der Waals surface area contributed by atoms with Crippen LogP contribution in [0.4, 0.5) is 0 Å². The first-order chi connectivity index (χ1) is 7.30. The normalized spacial score (nSPS) is 14.2. The summed E-state index contributed by atoms with van der Waals surface area (Å²) in [5, 5.41) is 0. The van der Waals surface area contributed by atoms with Crippen molar-refractivity contribution in [3.8, 4) is 0 Å². The van der Waals surface area contributed by atoms with Gasteiger partial charge in [-0.3, -0.25) is 0 Å². The molecule has 0 amide bonds. The van der Waals surface area contributed by atoms with Crippen LogP contribution >= 0.6 is 0 Å². The van der Waals surface area contributed by atoms with Crippen molar-refractivity contribution in [2.45, 2.75) is 47.1 Å². The second kappa shape index (κ2) is 5.01. The molecule has 0 aliphatic rings. The van der Waals surface area contributed by atoms with E-state index in [0.29, 0.717) is 5.92 Å². The molecule has 0 bridgehead atoms. The van der Waals surface area contributed by atoms with E-state index in [2.05, 4.69) is 58.9 Å². The van der Waals surface area contributed by atoms with Gasteiger partial charge in [0.1, 0.15) is 0 Å². The number of nitrogens with two attached hydrogens (primary N) is 1. The summed E-state index contributed by atoms with van der Waals surface area (Å²) in [6.07, 6.45) is 1.13. The van der Waals surface area contributed by atoms with Crippen molar-refractivity contribution in [3.05, 3.63) is 35.4 Å². The maximum absolute atomic E-state index is 6.27. The van der Waals surface area contributed by atoms with Crippen molar-refractivity contribution >= 4 is 0 Å². The minimum Gasteiger partial charge on any atom is -0.324 e. The largest absolute Gasteiger partial charge is 0.324 e. The van der Waals surface area contributed by atoms with Crippen molar-refractivity contribution in [2.75, 3.05) is 0 Å². The molecule has 0 aliphatic carbocycles. The molecule has 0 saturated carbocycles. The van der Waals surface area contributed by atoms with E-state index in [1.165, 1.54) is 11.1 Å².